The maximum atomic E-state index is 10.4. The van der Waals surface area contributed by atoms with Crippen LogP contribution in [0.3, 0.4) is 0 Å². The Morgan fingerprint density at radius 3 is 2.50 bits per heavy atom. The number of benzene rings is 1. The third-order valence-electron chi connectivity index (χ3n) is 3.45. The van der Waals surface area contributed by atoms with E-state index >= 15 is 0 Å². The van der Waals surface area contributed by atoms with Crippen molar-refractivity contribution in [1.82, 2.24) is 14.6 Å². The van der Waals surface area contributed by atoms with Crippen molar-refractivity contribution in [3.63, 3.8) is 0 Å². The van der Waals surface area contributed by atoms with E-state index in [0.29, 0.717) is 5.65 Å². The van der Waals surface area contributed by atoms with Gasteiger partial charge in [-0.15, -0.1) is 0 Å². The lowest BCUT2D eigenvalue weighted by Crippen LogP contribution is -2.02. The predicted molar refractivity (Wildman–Crippen MR) is 78.9 cm³/mol. The summed E-state index contributed by atoms with van der Waals surface area (Å²) in [5.74, 6) is 0.390. The van der Waals surface area contributed by atoms with Gasteiger partial charge in [-0.2, -0.15) is 9.61 Å². The molecule has 2 heterocycles. The van der Waals surface area contributed by atoms with Gasteiger partial charge in [0.15, 0.2) is 5.65 Å². The van der Waals surface area contributed by atoms with E-state index in [4.69, 9.17) is 0 Å². The van der Waals surface area contributed by atoms with Crippen molar-refractivity contribution in [3.8, 4) is 17.1 Å². The number of hydrogen-bond acceptors (Lipinski definition) is 3. The molecule has 0 radical (unpaired) electrons. The first-order valence-electron chi connectivity index (χ1n) is 6.72. The van der Waals surface area contributed by atoms with Crippen LogP contribution in [0.4, 0.5) is 0 Å². The van der Waals surface area contributed by atoms with Gasteiger partial charge in [0, 0.05) is 22.9 Å². The van der Waals surface area contributed by atoms with Crippen LogP contribution < -0.4 is 0 Å². The van der Waals surface area contributed by atoms with Gasteiger partial charge in [-0.05, 0) is 12.8 Å². The summed E-state index contributed by atoms with van der Waals surface area (Å²) < 4.78 is 1.52. The zero-order valence-electron chi connectivity index (χ0n) is 11.8. The lowest BCUT2D eigenvalue weighted by molar-refractivity contribution is 0.423. The van der Waals surface area contributed by atoms with E-state index in [1.165, 1.54) is 4.52 Å². The first kappa shape index (κ1) is 12.7. The second-order valence-electron chi connectivity index (χ2n) is 5.25. The molecule has 0 fully saturated rings. The Kier molecular flexibility index (Phi) is 2.93. The number of nitrogens with zero attached hydrogens (tertiary/aromatic N) is 3. The van der Waals surface area contributed by atoms with E-state index in [2.05, 4.69) is 10.1 Å². The summed E-state index contributed by atoms with van der Waals surface area (Å²) in [5.41, 5.74) is 4.20. The van der Waals surface area contributed by atoms with Crippen LogP contribution in [0.25, 0.3) is 16.9 Å². The van der Waals surface area contributed by atoms with Crippen molar-refractivity contribution in [2.45, 2.75) is 26.7 Å². The molecular weight excluding hydrogens is 250 g/mol. The highest BCUT2D eigenvalue weighted by atomic mass is 16.3. The summed E-state index contributed by atoms with van der Waals surface area (Å²) in [5, 5.41) is 14.9. The van der Waals surface area contributed by atoms with E-state index in [-0.39, 0.29) is 11.8 Å². The minimum Gasteiger partial charge on any atom is -0.493 e. The van der Waals surface area contributed by atoms with E-state index in [1.54, 1.807) is 0 Å². The Labute approximate surface area is 117 Å². The molecule has 3 rings (SSSR count). The molecule has 102 valence electrons. The summed E-state index contributed by atoms with van der Waals surface area (Å²) in [6, 6.07) is 11.8. The van der Waals surface area contributed by atoms with Crippen molar-refractivity contribution in [2.24, 2.45) is 0 Å². The summed E-state index contributed by atoms with van der Waals surface area (Å²) in [6.07, 6.45) is 0. The number of aryl methyl sites for hydroxylation is 1. The van der Waals surface area contributed by atoms with Gasteiger partial charge in [0.05, 0.1) is 5.69 Å². The maximum absolute atomic E-state index is 10.4. The van der Waals surface area contributed by atoms with Gasteiger partial charge < -0.3 is 5.11 Å². The van der Waals surface area contributed by atoms with Crippen molar-refractivity contribution < 1.29 is 5.11 Å². The minimum absolute atomic E-state index is 0.185. The van der Waals surface area contributed by atoms with Crippen LogP contribution in [0.5, 0.6) is 5.88 Å². The van der Waals surface area contributed by atoms with Crippen LogP contribution in [0.15, 0.2) is 36.4 Å². The van der Waals surface area contributed by atoms with Gasteiger partial charge in [0.25, 0.3) is 0 Å². The Hall–Kier alpha value is -2.36. The van der Waals surface area contributed by atoms with Crippen molar-refractivity contribution in [2.75, 3.05) is 0 Å². The number of aromatic nitrogens is 3. The van der Waals surface area contributed by atoms with Crippen molar-refractivity contribution in [1.29, 1.82) is 0 Å². The van der Waals surface area contributed by atoms with Crippen LogP contribution in [-0.2, 0) is 0 Å². The average Bonchev–Trinajstić information content (AvgIpc) is 2.83. The van der Waals surface area contributed by atoms with E-state index < -0.39 is 0 Å². The van der Waals surface area contributed by atoms with Gasteiger partial charge in [0.2, 0.25) is 5.88 Å². The molecule has 0 bridgehead atoms. The standard InChI is InChI=1S/C16H17N3O/c1-10(2)15-11(3)17-14-9-13(18-19(14)16(15)20)12-7-5-4-6-8-12/h4-10,20H,1-3H3. The van der Waals surface area contributed by atoms with E-state index in [1.807, 2.05) is 57.2 Å². The molecule has 4 heteroatoms. The lowest BCUT2D eigenvalue weighted by atomic mass is 10.0. The molecule has 0 aliphatic rings. The molecule has 1 N–H and O–H groups in total. The van der Waals surface area contributed by atoms with E-state index in [0.717, 1.165) is 22.5 Å². The first-order chi connectivity index (χ1) is 9.58. The molecule has 0 spiro atoms. The molecule has 3 aromatic rings. The Balaban J connectivity index is 2.24. The van der Waals surface area contributed by atoms with Crippen molar-refractivity contribution in [3.05, 3.63) is 47.7 Å². The van der Waals surface area contributed by atoms with Crippen LogP contribution in [0.1, 0.15) is 31.0 Å². The zero-order chi connectivity index (χ0) is 14.3. The molecule has 0 amide bonds. The van der Waals surface area contributed by atoms with Gasteiger partial charge in [-0.25, -0.2) is 4.98 Å². The van der Waals surface area contributed by atoms with Gasteiger partial charge in [-0.3, -0.25) is 0 Å². The molecule has 0 saturated carbocycles. The summed E-state index contributed by atoms with van der Waals surface area (Å²) in [7, 11) is 0. The summed E-state index contributed by atoms with van der Waals surface area (Å²) in [4.78, 5) is 4.54. The van der Waals surface area contributed by atoms with Gasteiger partial charge >= 0.3 is 0 Å². The first-order valence-corrected chi connectivity index (χ1v) is 6.72. The fourth-order valence-electron chi connectivity index (χ4n) is 2.54. The van der Waals surface area contributed by atoms with Crippen molar-refractivity contribution >= 4 is 5.65 Å². The lowest BCUT2D eigenvalue weighted by Gasteiger charge is -2.11. The van der Waals surface area contributed by atoms with Gasteiger partial charge in [-0.1, -0.05) is 44.2 Å². The molecule has 2 aromatic heterocycles. The third kappa shape index (κ3) is 1.93. The topological polar surface area (TPSA) is 50.4 Å². The highest BCUT2D eigenvalue weighted by Crippen LogP contribution is 2.30. The van der Waals surface area contributed by atoms with Gasteiger partial charge in [0.1, 0.15) is 0 Å². The van der Waals surface area contributed by atoms with Crippen LogP contribution in [-0.4, -0.2) is 19.7 Å². The number of rotatable bonds is 2. The summed E-state index contributed by atoms with van der Waals surface area (Å²) >= 11 is 0. The molecular formula is C16H17N3O. The maximum Gasteiger partial charge on any atom is 0.219 e. The quantitative estimate of drug-likeness (QED) is 0.772. The fraction of sp³-hybridized carbons (Fsp3) is 0.250. The number of fused-ring (bicyclic) bond motifs is 1. The highest BCUT2D eigenvalue weighted by Gasteiger charge is 2.17. The monoisotopic (exact) mass is 267 g/mol. The third-order valence-corrected chi connectivity index (χ3v) is 3.45. The Morgan fingerprint density at radius 2 is 1.85 bits per heavy atom. The molecule has 1 aromatic carbocycles. The predicted octanol–water partition coefficient (Wildman–Crippen LogP) is 3.53. The van der Waals surface area contributed by atoms with Crippen LogP contribution >= 0.6 is 0 Å². The molecule has 0 unspecified atom stereocenters. The Morgan fingerprint density at radius 1 is 1.15 bits per heavy atom. The second kappa shape index (κ2) is 4.63. The highest BCUT2D eigenvalue weighted by molar-refractivity contribution is 5.64. The molecule has 0 saturated heterocycles. The van der Waals surface area contributed by atoms with E-state index in [9.17, 15) is 5.11 Å². The smallest absolute Gasteiger partial charge is 0.219 e. The molecule has 4 nitrogen and oxygen atoms in total. The second-order valence-corrected chi connectivity index (χ2v) is 5.25. The molecule has 0 aliphatic heterocycles. The average molecular weight is 267 g/mol. The van der Waals surface area contributed by atoms with Crippen LogP contribution in [0.2, 0.25) is 0 Å². The molecule has 0 aliphatic carbocycles. The normalized spacial score (nSPS) is 11.4. The molecule has 0 atom stereocenters. The Bertz CT molecular complexity index is 760. The summed E-state index contributed by atoms with van der Waals surface area (Å²) in [6.45, 7) is 6.00. The minimum atomic E-state index is 0.185. The zero-order valence-corrected chi connectivity index (χ0v) is 11.8. The largest absolute Gasteiger partial charge is 0.493 e. The fourth-order valence-corrected chi connectivity index (χ4v) is 2.54. The molecule has 20 heavy (non-hydrogen) atoms. The number of hydrogen-bond donors (Lipinski definition) is 1. The number of aromatic hydroxyl groups is 1. The SMILES string of the molecule is Cc1nc2cc(-c3ccccc3)nn2c(O)c1C(C)C. The van der Waals surface area contributed by atoms with Crippen LogP contribution in [0, 0.1) is 6.92 Å².